The lowest BCUT2D eigenvalue weighted by Crippen LogP contribution is -2.07. The van der Waals surface area contributed by atoms with Crippen LogP contribution in [0.4, 0.5) is 0 Å². The predicted octanol–water partition coefficient (Wildman–Crippen LogP) is 2.66. The van der Waals surface area contributed by atoms with Crippen molar-refractivity contribution >= 4 is 21.9 Å². The third kappa shape index (κ3) is 3.87. The molecule has 4 nitrogen and oxygen atoms in total. The van der Waals surface area contributed by atoms with E-state index in [1.165, 1.54) is 0 Å². The second-order valence-corrected chi connectivity index (χ2v) is 4.86. The van der Waals surface area contributed by atoms with Crippen LogP contribution in [0.5, 0.6) is 0 Å². The summed E-state index contributed by atoms with van der Waals surface area (Å²) in [6.45, 7) is 0.533. The molecule has 2 rings (SSSR count). The minimum absolute atomic E-state index is 0.235. The second kappa shape index (κ2) is 6.45. The highest BCUT2D eigenvalue weighted by molar-refractivity contribution is 9.10. The molecule has 0 unspecified atom stereocenters. The third-order valence-corrected chi connectivity index (χ3v) is 3.01. The summed E-state index contributed by atoms with van der Waals surface area (Å²) in [5, 5.41) is 0. The van der Waals surface area contributed by atoms with Crippen molar-refractivity contribution in [2.75, 3.05) is 0 Å². The molecule has 0 spiro atoms. The summed E-state index contributed by atoms with van der Waals surface area (Å²) in [5.74, 6) is -0.378. The minimum Gasteiger partial charge on any atom is -0.457 e. The molecule has 0 saturated carbocycles. The Balaban J connectivity index is 2.01. The Bertz CT molecular complexity index is 587. The summed E-state index contributed by atoms with van der Waals surface area (Å²) in [5.41, 5.74) is 7.53. The lowest BCUT2D eigenvalue weighted by Gasteiger charge is -2.06. The number of nitrogens with zero attached hydrogens (tertiary/aromatic N) is 1. The molecule has 2 N–H and O–H groups in total. The van der Waals surface area contributed by atoms with Crippen LogP contribution in [0, 0.1) is 0 Å². The zero-order valence-corrected chi connectivity index (χ0v) is 11.8. The molecule has 0 radical (unpaired) electrons. The van der Waals surface area contributed by atoms with E-state index in [2.05, 4.69) is 20.9 Å². The molecule has 0 fully saturated rings. The van der Waals surface area contributed by atoms with Gasteiger partial charge in [-0.1, -0.05) is 28.1 Å². The average molecular weight is 321 g/mol. The first kappa shape index (κ1) is 13.7. The number of ether oxygens (including phenoxy) is 1. The van der Waals surface area contributed by atoms with Gasteiger partial charge in [-0.3, -0.25) is 4.98 Å². The highest BCUT2D eigenvalue weighted by atomic mass is 79.9. The Hall–Kier alpha value is -1.72. The van der Waals surface area contributed by atoms with Crippen LogP contribution >= 0.6 is 15.9 Å². The van der Waals surface area contributed by atoms with Gasteiger partial charge < -0.3 is 10.5 Å². The molecule has 0 amide bonds. The Kier molecular flexibility index (Phi) is 4.65. The summed E-state index contributed by atoms with van der Waals surface area (Å²) < 4.78 is 6.19. The van der Waals surface area contributed by atoms with Crippen molar-refractivity contribution in [3.63, 3.8) is 0 Å². The lowest BCUT2D eigenvalue weighted by molar-refractivity contribution is 0.0472. The number of carbonyl (C=O) groups is 1. The number of esters is 1. The van der Waals surface area contributed by atoms with Crippen molar-refractivity contribution in [3.05, 3.63) is 63.9 Å². The van der Waals surface area contributed by atoms with E-state index in [0.717, 1.165) is 10.0 Å². The summed E-state index contributed by atoms with van der Waals surface area (Å²) >= 11 is 3.37. The van der Waals surface area contributed by atoms with E-state index < -0.39 is 0 Å². The SMILES string of the molecule is NCc1cc(C(=O)OCc2cccc(Br)c2)ccn1. The van der Waals surface area contributed by atoms with Crippen molar-refractivity contribution in [2.24, 2.45) is 5.73 Å². The normalized spacial score (nSPS) is 10.2. The molecule has 5 heteroatoms. The zero-order chi connectivity index (χ0) is 13.7. The summed E-state index contributed by atoms with van der Waals surface area (Å²) in [7, 11) is 0. The van der Waals surface area contributed by atoms with Crippen LogP contribution in [0.2, 0.25) is 0 Å². The number of nitrogens with two attached hydrogens (primary N) is 1. The van der Waals surface area contributed by atoms with Gasteiger partial charge in [0.2, 0.25) is 0 Å². The van der Waals surface area contributed by atoms with Gasteiger partial charge >= 0.3 is 5.97 Å². The first-order valence-electron chi connectivity index (χ1n) is 5.75. The van der Waals surface area contributed by atoms with Gasteiger partial charge in [-0.25, -0.2) is 4.79 Å². The van der Waals surface area contributed by atoms with Crippen LogP contribution in [0.3, 0.4) is 0 Å². The molecule has 98 valence electrons. The molecule has 1 aromatic carbocycles. The largest absolute Gasteiger partial charge is 0.457 e. The number of halogens is 1. The molecule has 0 atom stereocenters. The van der Waals surface area contributed by atoms with Gasteiger partial charge in [0.25, 0.3) is 0 Å². The third-order valence-electron chi connectivity index (χ3n) is 2.52. The quantitative estimate of drug-likeness (QED) is 0.879. The maximum Gasteiger partial charge on any atom is 0.338 e. The van der Waals surface area contributed by atoms with Crippen LogP contribution in [0.25, 0.3) is 0 Å². The number of benzene rings is 1. The summed E-state index contributed by atoms with van der Waals surface area (Å²) in [4.78, 5) is 15.9. The maximum absolute atomic E-state index is 11.9. The zero-order valence-electron chi connectivity index (χ0n) is 10.2. The first-order valence-corrected chi connectivity index (χ1v) is 6.55. The highest BCUT2D eigenvalue weighted by Gasteiger charge is 2.08. The molecular weight excluding hydrogens is 308 g/mol. The second-order valence-electron chi connectivity index (χ2n) is 3.95. The first-order chi connectivity index (χ1) is 9.19. The Labute approximate surface area is 119 Å². The molecule has 0 aliphatic rings. The number of hydrogen-bond donors (Lipinski definition) is 1. The lowest BCUT2D eigenvalue weighted by atomic mass is 10.2. The van der Waals surface area contributed by atoms with E-state index in [9.17, 15) is 4.79 Å². The van der Waals surface area contributed by atoms with Crippen LogP contribution in [-0.4, -0.2) is 11.0 Å². The number of aromatic nitrogens is 1. The Morgan fingerprint density at radius 3 is 2.89 bits per heavy atom. The molecule has 19 heavy (non-hydrogen) atoms. The fourth-order valence-corrected chi connectivity index (χ4v) is 2.02. The maximum atomic E-state index is 11.9. The fraction of sp³-hybridized carbons (Fsp3) is 0.143. The number of pyridine rings is 1. The molecule has 0 saturated heterocycles. The number of carbonyl (C=O) groups excluding carboxylic acids is 1. The van der Waals surface area contributed by atoms with E-state index in [0.29, 0.717) is 17.8 Å². The van der Waals surface area contributed by atoms with Gasteiger partial charge in [-0.05, 0) is 29.8 Å². The molecule has 0 aliphatic carbocycles. The van der Waals surface area contributed by atoms with Crippen molar-refractivity contribution in [1.82, 2.24) is 4.98 Å². The van der Waals surface area contributed by atoms with Gasteiger partial charge in [0.15, 0.2) is 0 Å². The summed E-state index contributed by atoms with van der Waals surface area (Å²) in [6, 6.07) is 10.9. The van der Waals surface area contributed by atoms with E-state index >= 15 is 0 Å². The predicted molar refractivity (Wildman–Crippen MR) is 75.4 cm³/mol. The molecule has 1 aromatic heterocycles. The van der Waals surface area contributed by atoms with Crippen LogP contribution in [-0.2, 0) is 17.9 Å². The van der Waals surface area contributed by atoms with Crippen LogP contribution in [0.1, 0.15) is 21.6 Å². The standard InChI is InChI=1S/C14H13BrN2O2/c15-12-3-1-2-10(6-12)9-19-14(18)11-4-5-17-13(7-11)8-16/h1-7H,8-9,16H2. The van der Waals surface area contributed by atoms with Crippen molar-refractivity contribution in [1.29, 1.82) is 0 Å². The van der Waals surface area contributed by atoms with E-state index in [4.69, 9.17) is 10.5 Å². The molecule has 2 aromatic rings. The van der Waals surface area contributed by atoms with Gasteiger partial charge in [0.05, 0.1) is 11.3 Å². The average Bonchev–Trinajstić information content (AvgIpc) is 2.45. The van der Waals surface area contributed by atoms with E-state index in [-0.39, 0.29) is 12.6 Å². The van der Waals surface area contributed by atoms with E-state index in [1.54, 1.807) is 18.3 Å². The van der Waals surface area contributed by atoms with Gasteiger partial charge in [-0.15, -0.1) is 0 Å². The van der Waals surface area contributed by atoms with Crippen LogP contribution in [0.15, 0.2) is 47.1 Å². The van der Waals surface area contributed by atoms with Gasteiger partial charge in [0, 0.05) is 17.2 Å². The van der Waals surface area contributed by atoms with E-state index in [1.807, 2.05) is 24.3 Å². The minimum atomic E-state index is -0.378. The highest BCUT2D eigenvalue weighted by Crippen LogP contribution is 2.13. The van der Waals surface area contributed by atoms with Crippen molar-refractivity contribution in [3.8, 4) is 0 Å². The fourth-order valence-electron chi connectivity index (χ4n) is 1.58. The Morgan fingerprint density at radius 1 is 1.32 bits per heavy atom. The smallest absolute Gasteiger partial charge is 0.338 e. The topological polar surface area (TPSA) is 65.2 Å². The van der Waals surface area contributed by atoms with Gasteiger partial charge in [-0.2, -0.15) is 0 Å². The Morgan fingerprint density at radius 2 is 2.16 bits per heavy atom. The number of rotatable bonds is 4. The molecule has 0 bridgehead atoms. The van der Waals surface area contributed by atoms with Crippen molar-refractivity contribution in [2.45, 2.75) is 13.2 Å². The summed E-state index contributed by atoms with van der Waals surface area (Å²) in [6.07, 6.45) is 1.55. The van der Waals surface area contributed by atoms with Gasteiger partial charge in [0.1, 0.15) is 6.61 Å². The number of hydrogen-bond acceptors (Lipinski definition) is 4. The van der Waals surface area contributed by atoms with Crippen molar-refractivity contribution < 1.29 is 9.53 Å². The molecule has 0 aliphatic heterocycles. The monoisotopic (exact) mass is 320 g/mol. The molecular formula is C14H13BrN2O2. The van der Waals surface area contributed by atoms with Crippen LogP contribution < -0.4 is 5.73 Å². The molecule has 1 heterocycles.